The summed E-state index contributed by atoms with van der Waals surface area (Å²) in [6.07, 6.45) is 2.00. The number of benzene rings is 1. The minimum atomic E-state index is -0.313. The zero-order valence-electron chi connectivity index (χ0n) is 12.7. The minimum Gasteiger partial charge on any atom is -0.496 e. The molecule has 5 nitrogen and oxygen atoms in total. The van der Waals surface area contributed by atoms with Gasteiger partial charge < -0.3 is 4.74 Å². The normalized spacial score (nSPS) is 10.8. The van der Waals surface area contributed by atoms with Gasteiger partial charge in [-0.2, -0.15) is 0 Å². The molecule has 0 saturated heterocycles. The van der Waals surface area contributed by atoms with Gasteiger partial charge in [-0.3, -0.25) is 10.1 Å². The van der Waals surface area contributed by atoms with Crippen LogP contribution in [0.25, 0.3) is 0 Å². The molecule has 2 rings (SSSR count). The van der Waals surface area contributed by atoms with Crippen molar-refractivity contribution in [2.24, 2.45) is 0 Å². The number of ether oxygens (including phenoxy) is 1. The van der Waals surface area contributed by atoms with Gasteiger partial charge in [0.25, 0.3) is 5.91 Å². The van der Waals surface area contributed by atoms with Crippen LogP contribution in [0.4, 0.5) is 5.13 Å². The van der Waals surface area contributed by atoms with Crippen LogP contribution in [0, 0.1) is 0 Å². The molecule has 2 aromatic rings. The Labute approximate surface area is 138 Å². The zero-order chi connectivity index (χ0) is 16.1. The third-order valence-corrected chi connectivity index (χ3v) is 4.64. The highest BCUT2D eigenvalue weighted by Crippen LogP contribution is 2.29. The molecule has 0 aliphatic rings. The molecule has 0 aliphatic heterocycles. The van der Waals surface area contributed by atoms with E-state index < -0.39 is 0 Å². The van der Waals surface area contributed by atoms with E-state index >= 15 is 0 Å². The largest absolute Gasteiger partial charge is 0.496 e. The van der Waals surface area contributed by atoms with Gasteiger partial charge in [-0.15, -0.1) is 10.2 Å². The Balaban J connectivity index is 2.17. The molecule has 1 aromatic carbocycles. The quantitative estimate of drug-likeness (QED) is 0.849. The maximum atomic E-state index is 12.4. The first-order chi connectivity index (χ1) is 10.6. The lowest BCUT2D eigenvalue weighted by Gasteiger charge is -2.08. The number of hydrogen-bond donors (Lipinski definition) is 1. The molecule has 22 heavy (non-hydrogen) atoms. The molecule has 0 fully saturated rings. The third-order valence-electron chi connectivity index (χ3n) is 3.40. The number of aromatic nitrogens is 2. The van der Waals surface area contributed by atoms with Crippen molar-refractivity contribution < 1.29 is 9.53 Å². The summed E-state index contributed by atoms with van der Waals surface area (Å²) >= 11 is 7.35. The molecule has 0 atom stereocenters. The second kappa shape index (κ2) is 7.56. The molecule has 118 valence electrons. The minimum absolute atomic E-state index is 0.313. The Kier molecular flexibility index (Phi) is 5.74. The summed E-state index contributed by atoms with van der Waals surface area (Å²) in [7, 11) is 1.51. The SMILES string of the molecule is CCC(CC)c1nnc(NC(=O)c2cc(Cl)ccc2OC)s1. The van der Waals surface area contributed by atoms with Crippen LogP contribution in [0.3, 0.4) is 0 Å². The van der Waals surface area contributed by atoms with E-state index in [-0.39, 0.29) is 5.91 Å². The molecule has 1 N–H and O–H groups in total. The van der Waals surface area contributed by atoms with Crippen LogP contribution in [0.15, 0.2) is 18.2 Å². The summed E-state index contributed by atoms with van der Waals surface area (Å²) in [5, 5.41) is 12.8. The number of nitrogens with one attached hydrogen (secondary N) is 1. The van der Waals surface area contributed by atoms with Gasteiger partial charge in [0, 0.05) is 10.9 Å². The van der Waals surface area contributed by atoms with Crippen molar-refractivity contribution in [3.05, 3.63) is 33.8 Å². The molecule has 7 heteroatoms. The van der Waals surface area contributed by atoms with Crippen molar-refractivity contribution in [3.63, 3.8) is 0 Å². The van der Waals surface area contributed by atoms with E-state index in [1.54, 1.807) is 18.2 Å². The number of halogens is 1. The Morgan fingerprint density at radius 1 is 1.36 bits per heavy atom. The highest BCUT2D eigenvalue weighted by atomic mass is 35.5. The molecular formula is C15H18ClN3O2S. The van der Waals surface area contributed by atoms with Gasteiger partial charge >= 0.3 is 0 Å². The van der Waals surface area contributed by atoms with E-state index in [0.29, 0.717) is 27.4 Å². The summed E-state index contributed by atoms with van der Waals surface area (Å²) in [4.78, 5) is 12.4. The number of methoxy groups -OCH3 is 1. The first-order valence-electron chi connectivity index (χ1n) is 7.07. The van der Waals surface area contributed by atoms with Crippen LogP contribution in [-0.4, -0.2) is 23.2 Å². The fraction of sp³-hybridized carbons (Fsp3) is 0.400. The molecule has 0 spiro atoms. The summed E-state index contributed by atoms with van der Waals surface area (Å²) in [6.45, 7) is 4.23. The molecule has 1 heterocycles. The summed E-state index contributed by atoms with van der Waals surface area (Å²) in [5.41, 5.74) is 0.370. The van der Waals surface area contributed by atoms with E-state index in [4.69, 9.17) is 16.3 Å². The number of rotatable bonds is 6. The van der Waals surface area contributed by atoms with Gasteiger partial charge in [-0.05, 0) is 31.0 Å². The van der Waals surface area contributed by atoms with Crippen LogP contribution in [0.2, 0.25) is 5.02 Å². The average Bonchev–Trinajstić information content (AvgIpc) is 2.96. The highest BCUT2D eigenvalue weighted by Gasteiger charge is 2.17. The van der Waals surface area contributed by atoms with Gasteiger partial charge in [0.15, 0.2) is 0 Å². The van der Waals surface area contributed by atoms with E-state index in [0.717, 1.165) is 17.8 Å². The van der Waals surface area contributed by atoms with Crippen LogP contribution in [-0.2, 0) is 0 Å². The van der Waals surface area contributed by atoms with E-state index in [9.17, 15) is 4.79 Å². The zero-order valence-corrected chi connectivity index (χ0v) is 14.3. The van der Waals surface area contributed by atoms with E-state index in [1.165, 1.54) is 18.4 Å². The second-order valence-electron chi connectivity index (χ2n) is 4.76. The average molecular weight is 340 g/mol. The van der Waals surface area contributed by atoms with Gasteiger partial charge in [-0.25, -0.2) is 0 Å². The molecule has 0 radical (unpaired) electrons. The first kappa shape index (κ1) is 16.7. The molecule has 0 unspecified atom stereocenters. The highest BCUT2D eigenvalue weighted by molar-refractivity contribution is 7.15. The van der Waals surface area contributed by atoms with Crippen molar-refractivity contribution in [2.75, 3.05) is 12.4 Å². The van der Waals surface area contributed by atoms with Gasteiger partial charge in [-0.1, -0.05) is 36.8 Å². The third kappa shape index (κ3) is 3.75. The fourth-order valence-corrected chi connectivity index (χ4v) is 3.29. The summed E-state index contributed by atoms with van der Waals surface area (Å²) in [6, 6.07) is 4.90. The first-order valence-corrected chi connectivity index (χ1v) is 8.26. The molecule has 1 aromatic heterocycles. The number of nitrogens with zero attached hydrogens (tertiary/aromatic N) is 2. The number of amides is 1. The lowest BCUT2D eigenvalue weighted by Crippen LogP contribution is -2.13. The number of carbonyl (C=O) groups is 1. The van der Waals surface area contributed by atoms with Crippen molar-refractivity contribution in [2.45, 2.75) is 32.6 Å². The molecular weight excluding hydrogens is 322 g/mol. The summed E-state index contributed by atoms with van der Waals surface area (Å²) in [5.74, 6) is 0.530. The lowest BCUT2D eigenvalue weighted by molar-refractivity contribution is 0.102. The maximum absolute atomic E-state index is 12.4. The lowest BCUT2D eigenvalue weighted by atomic mass is 10.1. The summed E-state index contributed by atoms with van der Waals surface area (Å²) < 4.78 is 5.19. The van der Waals surface area contributed by atoms with Crippen LogP contribution < -0.4 is 10.1 Å². The van der Waals surface area contributed by atoms with Crippen LogP contribution >= 0.6 is 22.9 Å². The number of carbonyl (C=O) groups excluding carboxylic acids is 1. The molecule has 0 bridgehead atoms. The predicted octanol–water partition coefficient (Wildman–Crippen LogP) is 4.36. The monoisotopic (exact) mass is 339 g/mol. The van der Waals surface area contributed by atoms with Crippen molar-refractivity contribution in [3.8, 4) is 5.75 Å². The van der Waals surface area contributed by atoms with E-state index in [2.05, 4.69) is 29.4 Å². The predicted molar refractivity (Wildman–Crippen MR) is 89.2 cm³/mol. The maximum Gasteiger partial charge on any atom is 0.261 e. The van der Waals surface area contributed by atoms with Crippen molar-refractivity contribution in [1.29, 1.82) is 0 Å². The smallest absolute Gasteiger partial charge is 0.261 e. The van der Waals surface area contributed by atoms with E-state index in [1.807, 2.05) is 0 Å². The van der Waals surface area contributed by atoms with Gasteiger partial charge in [0.05, 0.1) is 12.7 Å². The van der Waals surface area contributed by atoms with Crippen molar-refractivity contribution in [1.82, 2.24) is 10.2 Å². The van der Waals surface area contributed by atoms with Crippen molar-refractivity contribution >= 4 is 34.0 Å². The topological polar surface area (TPSA) is 64.1 Å². The van der Waals surface area contributed by atoms with Crippen LogP contribution in [0.5, 0.6) is 5.75 Å². The number of anilines is 1. The fourth-order valence-electron chi connectivity index (χ4n) is 2.11. The van der Waals surface area contributed by atoms with Gasteiger partial charge in [0.1, 0.15) is 10.8 Å². The Bertz CT molecular complexity index is 656. The Hall–Kier alpha value is -1.66. The second-order valence-corrected chi connectivity index (χ2v) is 6.20. The van der Waals surface area contributed by atoms with Crippen LogP contribution in [0.1, 0.15) is 48.0 Å². The Morgan fingerprint density at radius 2 is 2.09 bits per heavy atom. The Morgan fingerprint density at radius 3 is 2.73 bits per heavy atom. The molecule has 1 amide bonds. The van der Waals surface area contributed by atoms with Gasteiger partial charge in [0.2, 0.25) is 5.13 Å². The molecule has 0 saturated carbocycles. The molecule has 0 aliphatic carbocycles. The standard InChI is InChI=1S/C15H18ClN3O2S/c1-4-9(5-2)14-18-19-15(22-14)17-13(20)11-8-10(16)6-7-12(11)21-3/h6-9H,4-5H2,1-3H3,(H,17,19,20). The number of hydrogen-bond acceptors (Lipinski definition) is 5.